The van der Waals surface area contributed by atoms with Crippen molar-refractivity contribution in [3.63, 3.8) is 0 Å². The van der Waals surface area contributed by atoms with Crippen LogP contribution in [-0.4, -0.2) is 49.4 Å². The second kappa shape index (κ2) is 7.70. The van der Waals surface area contributed by atoms with Gasteiger partial charge in [0.2, 0.25) is 0 Å². The molecule has 0 aliphatic carbocycles. The highest BCUT2D eigenvalue weighted by molar-refractivity contribution is 5.91. The van der Waals surface area contributed by atoms with Gasteiger partial charge in [0, 0.05) is 12.2 Å². The third kappa shape index (κ3) is 7.50. The largest absolute Gasteiger partial charge is 0.456 e. The van der Waals surface area contributed by atoms with Gasteiger partial charge in [0.1, 0.15) is 0 Å². The molecule has 0 radical (unpaired) electrons. The SMILES string of the molecule is O=C(/C=C/C(=O)OC(C(F)(F)F)C(F)(F)F)OCC(F)(F)C(F)F. The molecular weight excluding hydrogens is 374 g/mol. The van der Waals surface area contributed by atoms with Gasteiger partial charge in [-0.15, -0.1) is 0 Å². The average Bonchev–Trinajstić information content (AvgIpc) is 2.37. The Bertz CT molecular complexity index is 465. The van der Waals surface area contributed by atoms with E-state index in [1.54, 1.807) is 0 Å². The first-order valence-corrected chi connectivity index (χ1v) is 5.42. The van der Waals surface area contributed by atoms with Crippen LogP contribution in [0.25, 0.3) is 0 Å². The molecule has 0 aromatic heterocycles. The summed E-state index contributed by atoms with van der Waals surface area (Å²) in [5.41, 5.74) is 0. The summed E-state index contributed by atoms with van der Waals surface area (Å²) in [7, 11) is 0. The number of carbonyl (C=O) groups is 2. The van der Waals surface area contributed by atoms with E-state index in [1.165, 1.54) is 0 Å². The van der Waals surface area contributed by atoms with Crippen LogP contribution in [0.2, 0.25) is 0 Å². The summed E-state index contributed by atoms with van der Waals surface area (Å²) < 4.78 is 127. The Hall–Kier alpha value is -2.02. The highest BCUT2D eigenvalue weighted by atomic mass is 19.4. The number of alkyl halides is 10. The molecule has 14 heteroatoms. The fourth-order valence-electron chi connectivity index (χ4n) is 0.889. The number of esters is 2. The van der Waals surface area contributed by atoms with E-state index in [2.05, 4.69) is 9.47 Å². The van der Waals surface area contributed by atoms with Gasteiger partial charge < -0.3 is 9.47 Å². The van der Waals surface area contributed by atoms with Crippen molar-refractivity contribution in [3.8, 4) is 0 Å². The first-order chi connectivity index (χ1) is 10.6. The summed E-state index contributed by atoms with van der Waals surface area (Å²) in [6.45, 7) is -2.13. The monoisotopic (exact) mass is 380 g/mol. The molecule has 0 N–H and O–H groups in total. The fraction of sp³-hybridized carbons (Fsp3) is 0.600. The Balaban J connectivity index is 4.70. The summed E-state index contributed by atoms with van der Waals surface area (Å²) in [5.74, 6) is -8.93. The van der Waals surface area contributed by atoms with Crippen LogP contribution in [0.5, 0.6) is 0 Å². The minimum Gasteiger partial charge on any atom is -0.456 e. The molecule has 0 aromatic carbocycles. The van der Waals surface area contributed by atoms with Gasteiger partial charge in [0.25, 0.3) is 6.10 Å². The van der Waals surface area contributed by atoms with Crippen molar-refractivity contribution in [3.05, 3.63) is 12.2 Å². The molecule has 0 bridgehead atoms. The number of carbonyl (C=O) groups excluding carboxylic acids is 2. The molecule has 0 amide bonds. The van der Waals surface area contributed by atoms with E-state index in [0.29, 0.717) is 0 Å². The Morgan fingerprint density at radius 3 is 1.62 bits per heavy atom. The molecular formula is C10H6F10O4. The van der Waals surface area contributed by atoms with Gasteiger partial charge in [0.05, 0.1) is 0 Å². The minimum atomic E-state index is -6.00. The molecule has 4 nitrogen and oxygen atoms in total. The number of hydrogen-bond acceptors (Lipinski definition) is 4. The van der Waals surface area contributed by atoms with Crippen molar-refractivity contribution in [1.29, 1.82) is 0 Å². The molecule has 140 valence electrons. The van der Waals surface area contributed by atoms with Crippen LogP contribution in [-0.2, 0) is 19.1 Å². The average molecular weight is 380 g/mol. The topological polar surface area (TPSA) is 52.6 Å². The lowest BCUT2D eigenvalue weighted by Crippen LogP contribution is -2.45. The molecule has 0 atom stereocenters. The van der Waals surface area contributed by atoms with Crippen molar-refractivity contribution < 1.29 is 63.0 Å². The molecule has 0 aromatic rings. The molecule has 0 fully saturated rings. The van der Waals surface area contributed by atoms with Gasteiger partial charge >= 0.3 is 36.6 Å². The van der Waals surface area contributed by atoms with Crippen molar-refractivity contribution in [2.24, 2.45) is 0 Å². The zero-order valence-electron chi connectivity index (χ0n) is 10.9. The fourth-order valence-corrected chi connectivity index (χ4v) is 0.889. The third-order valence-electron chi connectivity index (χ3n) is 1.91. The number of rotatable bonds is 6. The molecule has 0 heterocycles. The van der Waals surface area contributed by atoms with E-state index >= 15 is 0 Å². The lowest BCUT2D eigenvalue weighted by Gasteiger charge is -2.22. The highest BCUT2D eigenvalue weighted by Gasteiger charge is 2.59. The minimum absolute atomic E-state index is 0.173. The van der Waals surface area contributed by atoms with Crippen LogP contribution in [0, 0.1) is 0 Å². The van der Waals surface area contributed by atoms with E-state index in [0.717, 1.165) is 0 Å². The van der Waals surface area contributed by atoms with Crippen molar-refractivity contribution >= 4 is 11.9 Å². The molecule has 0 aliphatic heterocycles. The lowest BCUT2D eigenvalue weighted by atomic mass is 10.3. The lowest BCUT2D eigenvalue weighted by molar-refractivity contribution is -0.312. The molecule has 0 rings (SSSR count). The van der Waals surface area contributed by atoms with Crippen molar-refractivity contribution in [2.45, 2.75) is 30.8 Å². The predicted octanol–water partition coefficient (Wildman–Crippen LogP) is 3.02. The third-order valence-corrected chi connectivity index (χ3v) is 1.91. The molecule has 0 spiro atoms. The van der Waals surface area contributed by atoms with Crippen LogP contribution in [0.3, 0.4) is 0 Å². The summed E-state index contributed by atoms with van der Waals surface area (Å²) in [5, 5.41) is 0. The predicted molar refractivity (Wildman–Crippen MR) is 53.0 cm³/mol. The maximum atomic E-state index is 12.3. The molecule has 24 heavy (non-hydrogen) atoms. The summed E-state index contributed by atoms with van der Waals surface area (Å²) in [6, 6.07) is 0. The Labute approximate surface area is 126 Å². The van der Waals surface area contributed by atoms with Gasteiger partial charge in [-0.1, -0.05) is 0 Å². The summed E-state index contributed by atoms with van der Waals surface area (Å²) in [4.78, 5) is 21.5. The van der Waals surface area contributed by atoms with E-state index in [1.807, 2.05) is 0 Å². The van der Waals surface area contributed by atoms with Gasteiger partial charge in [0.15, 0.2) is 6.61 Å². The number of hydrogen-bond donors (Lipinski definition) is 0. The standard InChI is InChI=1S/C10H6F10O4/c11-7(12)8(13,14)3-23-4(21)1-2-5(22)24-6(9(15,16)17)10(18,19)20/h1-2,6-7H,3H2/b2-1+. The van der Waals surface area contributed by atoms with E-state index in [9.17, 15) is 53.5 Å². The second-order valence-corrected chi connectivity index (χ2v) is 3.90. The van der Waals surface area contributed by atoms with Crippen LogP contribution < -0.4 is 0 Å². The van der Waals surface area contributed by atoms with Gasteiger partial charge in [-0.2, -0.15) is 35.1 Å². The molecule has 0 aliphatic rings. The van der Waals surface area contributed by atoms with Crippen LogP contribution in [0.15, 0.2) is 12.2 Å². The first-order valence-electron chi connectivity index (χ1n) is 5.42. The number of halogens is 10. The van der Waals surface area contributed by atoms with E-state index in [-0.39, 0.29) is 12.2 Å². The molecule has 0 saturated carbocycles. The highest BCUT2D eigenvalue weighted by Crippen LogP contribution is 2.35. The number of ether oxygens (including phenoxy) is 2. The zero-order chi connectivity index (χ0) is 19.3. The van der Waals surface area contributed by atoms with Gasteiger partial charge in [-0.05, 0) is 0 Å². The Morgan fingerprint density at radius 1 is 0.833 bits per heavy atom. The van der Waals surface area contributed by atoms with Crippen LogP contribution in [0.1, 0.15) is 0 Å². The molecule has 0 saturated heterocycles. The Morgan fingerprint density at radius 2 is 1.25 bits per heavy atom. The maximum Gasteiger partial charge on any atom is 0.434 e. The van der Waals surface area contributed by atoms with E-state index < -0.39 is 49.4 Å². The van der Waals surface area contributed by atoms with Crippen molar-refractivity contribution in [2.75, 3.05) is 6.61 Å². The van der Waals surface area contributed by atoms with Crippen molar-refractivity contribution in [1.82, 2.24) is 0 Å². The van der Waals surface area contributed by atoms with E-state index in [4.69, 9.17) is 0 Å². The van der Waals surface area contributed by atoms with Crippen LogP contribution >= 0.6 is 0 Å². The van der Waals surface area contributed by atoms with Crippen LogP contribution in [0.4, 0.5) is 43.9 Å². The zero-order valence-corrected chi connectivity index (χ0v) is 10.9. The summed E-state index contributed by atoms with van der Waals surface area (Å²) >= 11 is 0. The quantitative estimate of drug-likeness (QED) is 0.404. The second-order valence-electron chi connectivity index (χ2n) is 3.90. The van der Waals surface area contributed by atoms with Gasteiger partial charge in [-0.25, -0.2) is 18.4 Å². The first kappa shape index (κ1) is 22.0. The normalized spacial score (nSPS) is 13.7. The molecule has 0 unspecified atom stereocenters. The smallest absolute Gasteiger partial charge is 0.434 e. The maximum absolute atomic E-state index is 12.3. The Kier molecular flexibility index (Phi) is 7.05. The van der Waals surface area contributed by atoms with Gasteiger partial charge in [-0.3, -0.25) is 0 Å². The summed E-state index contributed by atoms with van der Waals surface area (Å²) in [6.07, 6.45) is -21.1.